The Morgan fingerprint density at radius 3 is 2.38 bits per heavy atom. The summed E-state index contributed by atoms with van der Waals surface area (Å²) in [4.78, 5) is 12.9. The first-order valence-corrected chi connectivity index (χ1v) is 10.1. The Morgan fingerprint density at radius 1 is 1.19 bits per heavy atom. The SMILES string of the molecule is CC[C@H](C(=O)Nc1cc(C)ccc1OC)N(c1ccccc1)S(C)(=O)=O. The molecule has 140 valence electrons. The number of carbonyl (C=O) groups is 1. The van der Waals surface area contributed by atoms with E-state index in [9.17, 15) is 13.2 Å². The Bertz CT molecular complexity index is 866. The topological polar surface area (TPSA) is 75.7 Å². The number of methoxy groups -OCH3 is 1. The fourth-order valence-electron chi connectivity index (χ4n) is 2.77. The number of hydrogen-bond donors (Lipinski definition) is 1. The number of rotatable bonds is 7. The zero-order valence-electron chi connectivity index (χ0n) is 15.4. The van der Waals surface area contributed by atoms with Crippen LogP contribution in [0.4, 0.5) is 11.4 Å². The molecule has 0 heterocycles. The predicted molar refractivity (Wildman–Crippen MR) is 104 cm³/mol. The molecule has 0 saturated carbocycles. The van der Waals surface area contributed by atoms with Crippen molar-refractivity contribution in [1.29, 1.82) is 0 Å². The van der Waals surface area contributed by atoms with Crippen molar-refractivity contribution >= 4 is 27.3 Å². The van der Waals surface area contributed by atoms with Gasteiger partial charge in [0.05, 0.1) is 24.7 Å². The van der Waals surface area contributed by atoms with Crippen LogP contribution < -0.4 is 14.4 Å². The molecule has 2 aromatic rings. The number of nitrogens with one attached hydrogen (secondary N) is 1. The molecule has 0 saturated heterocycles. The van der Waals surface area contributed by atoms with Crippen molar-refractivity contribution in [2.75, 3.05) is 23.0 Å². The third-order valence-electron chi connectivity index (χ3n) is 3.95. The molecule has 26 heavy (non-hydrogen) atoms. The summed E-state index contributed by atoms with van der Waals surface area (Å²) in [6, 6.07) is 13.2. The Hall–Kier alpha value is -2.54. The fraction of sp³-hybridized carbons (Fsp3) is 0.316. The summed E-state index contributed by atoms with van der Waals surface area (Å²) in [6.07, 6.45) is 1.42. The van der Waals surface area contributed by atoms with Gasteiger partial charge in [-0.1, -0.05) is 31.2 Å². The summed E-state index contributed by atoms with van der Waals surface area (Å²) < 4.78 is 31.2. The maximum Gasteiger partial charge on any atom is 0.248 e. The van der Waals surface area contributed by atoms with Crippen LogP contribution in [0.2, 0.25) is 0 Å². The molecule has 0 bridgehead atoms. The number of carbonyl (C=O) groups excluding carboxylic acids is 1. The first-order valence-electron chi connectivity index (χ1n) is 8.28. The number of ether oxygens (including phenoxy) is 1. The van der Waals surface area contributed by atoms with E-state index in [0.29, 0.717) is 23.5 Å². The van der Waals surface area contributed by atoms with Crippen molar-refractivity contribution in [2.24, 2.45) is 0 Å². The van der Waals surface area contributed by atoms with Gasteiger partial charge in [-0.05, 0) is 43.2 Å². The minimum Gasteiger partial charge on any atom is -0.495 e. The minimum absolute atomic E-state index is 0.321. The standard InChI is InChI=1S/C19H24N2O4S/c1-5-17(21(26(4,23)24)15-9-7-6-8-10-15)19(22)20-16-13-14(2)11-12-18(16)25-3/h6-13,17H,5H2,1-4H3,(H,20,22)/t17-/m1/s1. The van der Waals surface area contributed by atoms with Crippen LogP contribution in [0.5, 0.6) is 5.75 Å². The van der Waals surface area contributed by atoms with Crippen molar-refractivity contribution in [1.82, 2.24) is 0 Å². The summed E-state index contributed by atoms with van der Waals surface area (Å²) in [6.45, 7) is 3.68. The van der Waals surface area contributed by atoms with E-state index in [2.05, 4.69) is 5.32 Å². The van der Waals surface area contributed by atoms with Crippen LogP contribution in [0.15, 0.2) is 48.5 Å². The average Bonchev–Trinajstić information content (AvgIpc) is 2.59. The summed E-state index contributed by atoms with van der Waals surface area (Å²) in [5.41, 5.74) is 1.92. The molecule has 1 N–H and O–H groups in total. The second kappa shape index (κ2) is 8.23. The summed E-state index contributed by atoms with van der Waals surface area (Å²) in [5.74, 6) is 0.107. The summed E-state index contributed by atoms with van der Waals surface area (Å²) in [5, 5.41) is 2.81. The van der Waals surface area contributed by atoms with Crippen LogP contribution in [0.1, 0.15) is 18.9 Å². The highest BCUT2D eigenvalue weighted by atomic mass is 32.2. The molecule has 0 unspecified atom stereocenters. The second-order valence-corrected chi connectivity index (χ2v) is 7.87. The lowest BCUT2D eigenvalue weighted by Crippen LogP contribution is -2.47. The van der Waals surface area contributed by atoms with Crippen molar-refractivity contribution in [3.63, 3.8) is 0 Å². The van der Waals surface area contributed by atoms with E-state index in [1.807, 2.05) is 13.0 Å². The third-order valence-corrected chi connectivity index (χ3v) is 5.13. The molecule has 0 fully saturated rings. The average molecular weight is 376 g/mol. The van der Waals surface area contributed by atoms with Gasteiger partial charge in [-0.25, -0.2) is 8.42 Å². The van der Waals surface area contributed by atoms with Crippen LogP contribution in [-0.2, 0) is 14.8 Å². The number of para-hydroxylation sites is 1. The van der Waals surface area contributed by atoms with Gasteiger partial charge in [0.1, 0.15) is 11.8 Å². The van der Waals surface area contributed by atoms with Crippen LogP contribution >= 0.6 is 0 Å². The van der Waals surface area contributed by atoms with E-state index in [1.165, 1.54) is 7.11 Å². The predicted octanol–water partition coefficient (Wildman–Crippen LogP) is 3.19. The highest BCUT2D eigenvalue weighted by molar-refractivity contribution is 7.92. The number of anilines is 2. The number of benzene rings is 2. The minimum atomic E-state index is -3.65. The quantitative estimate of drug-likeness (QED) is 0.805. The lowest BCUT2D eigenvalue weighted by molar-refractivity contribution is -0.117. The number of hydrogen-bond acceptors (Lipinski definition) is 4. The second-order valence-electron chi connectivity index (χ2n) is 6.01. The van der Waals surface area contributed by atoms with Crippen LogP contribution in [0.3, 0.4) is 0 Å². The molecule has 2 rings (SSSR count). The van der Waals surface area contributed by atoms with E-state index in [4.69, 9.17) is 4.74 Å². The smallest absolute Gasteiger partial charge is 0.248 e. The maximum atomic E-state index is 12.9. The number of nitrogens with zero attached hydrogens (tertiary/aromatic N) is 1. The monoisotopic (exact) mass is 376 g/mol. The van der Waals surface area contributed by atoms with Gasteiger partial charge >= 0.3 is 0 Å². The molecule has 0 aliphatic carbocycles. The highest BCUT2D eigenvalue weighted by Crippen LogP contribution is 2.27. The lowest BCUT2D eigenvalue weighted by atomic mass is 10.1. The van der Waals surface area contributed by atoms with Crippen LogP contribution in [0, 0.1) is 6.92 Å². The van der Waals surface area contributed by atoms with Gasteiger partial charge in [-0.2, -0.15) is 0 Å². The number of aryl methyl sites for hydroxylation is 1. The zero-order valence-corrected chi connectivity index (χ0v) is 16.2. The normalized spacial score (nSPS) is 12.3. The van der Waals surface area contributed by atoms with Crippen molar-refractivity contribution in [3.8, 4) is 5.75 Å². The van der Waals surface area contributed by atoms with Gasteiger partial charge in [0, 0.05) is 0 Å². The molecule has 1 atom stereocenters. The summed E-state index contributed by atoms with van der Waals surface area (Å²) >= 11 is 0. The van der Waals surface area contributed by atoms with Crippen molar-refractivity contribution in [2.45, 2.75) is 26.3 Å². The van der Waals surface area contributed by atoms with Gasteiger partial charge in [0.2, 0.25) is 15.9 Å². The molecule has 2 aromatic carbocycles. The first kappa shape index (κ1) is 19.8. The van der Waals surface area contributed by atoms with Crippen molar-refractivity contribution in [3.05, 3.63) is 54.1 Å². The Labute approximate surface area is 154 Å². The van der Waals surface area contributed by atoms with Crippen molar-refractivity contribution < 1.29 is 17.9 Å². The molecular formula is C19H24N2O4S. The largest absolute Gasteiger partial charge is 0.495 e. The Morgan fingerprint density at radius 2 is 1.85 bits per heavy atom. The lowest BCUT2D eigenvalue weighted by Gasteiger charge is -2.30. The highest BCUT2D eigenvalue weighted by Gasteiger charge is 2.31. The van der Waals surface area contributed by atoms with Gasteiger partial charge in [0.25, 0.3) is 0 Å². The Balaban J connectivity index is 2.39. The van der Waals surface area contributed by atoms with Crippen LogP contribution in [-0.4, -0.2) is 33.7 Å². The van der Waals surface area contributed by atoms with Gasteiger partial charge in [-0.3, -0.25) is 9.10 Å². The summed E-state index contributed by atoms with van der Waals surface area (Å²) in [7, 11) is -2.13. The molecular weight excluding hydrogens is 352 g/mol. The van der Waals surface area contributed by atoms with Gasteiger partial charge < -0.3 is 10.1 Å². The number of sulfonamides is 1. The Kier molecular flexibility index (Phi) is 6.26. The van der Waals surface area contributed by atoms with Crippen LogP contribution in [0.25, 0.3) is 0 Å². The molecule has 1 amide bonds. The van der Waals surface area contributed by atoms with E-state index in [1.54, 1.807) is 49.4 Å². The molecule has 0 aliphatic rings. The molecule has 0 aliphatic heterocycles. The molecule has 0 spiro atoms. The van der Waals surface area contributed by atoms with Gasteiger partial charge in [-0.15, -0.1) is 0 Å². The zero-order chi connectivity index (χ0) is 19.3. The van der Waals surface area contributed by atoms with Gasteiger partial charge in [0.15, 0.2) is 0 Å². The first-order chi connectivity index (χ1) is 12.3. The molecule has 0 radical (unpaired) electrons. The van der Waals surface area contributed by atoms with E-state index in [0.717, 1.165) is 16.1 Å². The molecule has 7 heteroatoms. The molecule has 0 aromatic heterocycles. The maximum absolute atomic E-state index is 12.9. The number of amides is 1. The van der Waals surface area contributed by atoms with E-state index < -0.39 is 22.0 Å². The third kappa shape index (κ3) is 4.54. The molecule has 6 nitrogen and oxygen atoms in total. The fourth-order valence-corrected chi connectivity index (χ4v) is 3.98. The van der Waals surface area contributed by atoms with E-state index in [-0.39, 0.29) is 0 Å². The van der Waals surface area contributed by atoms with E-state index >= 15 is 0 Å².